The Morgan fingerprint density at radius 2 is 1.71 bits per heavy atom. The second-order valence-electron chi connectivity index (χ2n) is 4.81. The quantitative estimate of drug-likeness (QED) is 0.716. The molecule has 0 aliphatic carbocycles. The van der Waals surface area contributed by atoms with E-state index in [-0.39, 0.29) is 0 Å². The fraction of sp³-hybridized carbons (Fsp3) is 0.118. The maximum atomic E-state index is 5.77. The summed E-state index contributed by atoms with van der Waals surface area (Å²) >= 11 is 5.19. The van der Waals surface area contributed by atoms with Crippen molar-refractivity contribution in [3.05, 3.63) is 82.9 Å². The Bertz CT molecular complexity index is 744. The smallest absolute Gasteiger partial charge is 0.177 e. The molecule has 3 rings (SSSR count). The van der Waals surface area contributed by atoms with E-state index in [0.717, 1.165) is 17.1 Å². The van der Waals surface area contributed by atoms with Crippen LogP contribution in [0.2, 0.25) is 0 Å². The van der Waals surface area contributed by atoms with Crippen molar-refractivity contribution in [2.24, 2.45) is 0 Å². The highest BCUT2D eigenvalue weighted by molar-refractivity contribution is 7.71. The Morgan fingerprint density at radius 1 is 0.952 bits per heavy atom. The molecule has 0 spiro atoms. The second kappa shape index (κ2) is 6.41. The van der Waals surface area contributed by atoms with E-state index in [1.54, 1.807) is 0 Å². The summed E-state index contributed by atoms with van der Waals surface area (Å²) < 4.78 is 8.50. The predicted octanol–water partition coefficient (Wildman–Crippen LogP) is 4.17. The van der Waals surface area contributed by atoms with Crippen molar-refractivity contribution in [3.8, 4) is 5.75 Å². The van der Waals surface area contributed by atoms with Gasteiger partial charge in [-0.2, -0.15) is 0 Å². The Morgan fingerprint density at radius 3 is 2.38 bits per heavy atom. The summed E-state index contributed by atoms with van der Waals surface area (Å²) in [5.41, 5.74) is 2.36. The van der Waals surface area contributed by atoms with Gasteiger partial charge < -0.3 is 14.3 Å². The Hall–Kier alpha value is -2.33. The molecule has 0 aliphatic rings. The maximum Gasteiger partial charge on any atom is 0.177 e. The van der Waals surface area contributed by atoms with Crippen LogP contribution in [0.25, 0.3) is 0 Å². The van der Waals surface area contributed by atoms with Gasteiger partial charge in [-0.3, -0.25) is 0 Å². The monoisotopic (exact) mass is 296 g/mol. The molecule has 106 valence electrons. The molecule has 1 aromatic heterocycles. The largest absolute Gasteiger partial charge is 0.489 e. The molecule has 3 nitrogen and oxygen atoms in total. The first-order valence-corrected chi connectivity index (χ1v) is 7.21. The van der Waals surface area contributed by atoms with Crippen molar-refractivity contribution in [2.45, 2.75) is 13.2 Å². The van der Waals surface area contributed by atoms with Gasteiger partial charge in [-0.25, -0.2) is 0 Å². The number of nitrogens with one attached hydrogen (secondary N) is 1. The van der Waals surface area contributed by atoms with Crippen LogP contribution in [-0.2, 0) is 13.2 Å². The predicted molar refractivity (Wildman–Crippen MR) is 85.9 cm³/mol. The van der Waals surface area contributed by atoms with Crippen LogP contribution in [0.3, 0.4) is 0 Å². The van der Waals surface area contributed by atoms with Gasteiger partial charge in [0.2, 0.25) is 0 Å². The van der Waals surface area contributed by atoms with Gasteiger partial charge in [0.15, 0.2) is 4.77 Å². The lowest BCUT2D eigenvalue weighted by Crippen LogP contribution is -1.99. The van der Waals surface area contributed by atoms with Crippen molar-refractivity contribution in [1.29, 1.82) is 0 Å². The van der Waals surface area contributed by atoms with Crippen LogP contribution in [0.4, 0.5) is 0 Å². The Labute approximate surface area is 128 Å². The van der Waals surface area contributed by atoms with E-state index in [9.17, 15) is 0 Å². The van der Waals surface area contributed by atoms with Gasteiger partial charge in [0.1, 0.15) is 12.4 Å². The fourth-order valence-electron chi connectivity index (χ4n) is 2.10. The average Bonchev–Trinajstić information content (AvgIpc) is 2.93. The van der Waals surface area contributed by atoms with Gasteiger partial charge in [-0.15, -0.1) is 0 Å². The van der Waals surface area contributed by atoms with Crippen LogP contribution >= 0.6 is 12.2 Å². The third-order valence-corrected chi connectivity index (χ3v) is 3.60. The van der Waals surface area contributed by atoms with Crippen LogP contribution in [-0.4, -0.2) is 9.55 Å². The molecule has 0 bridgehead atoms. The molecular weight excluding hydrogens is 280 g/mol. The minimum Gasteiger partial charge on any atom is -0.489 e. The molecule has 1 heterocycles. The van der Waals surface area contributed by atoms with Crippen LogP contribution in [0.15, 0.2) is 67.0 Å². The minimum atomic E-state index is 0.586. The zero-order valence-electron chi connectivity index (χ0n) is 11.5. The lowest BCUT2D eigenvalue weighted by atomic mass is 10.2. The highest BCUT2D eigenvalue weighted by atomic mass is 32.1. The fourth-order valence-corrected chi connectivity index (χ4v) is 2.30. The van der Waals surface area contributed by atoms with Gasteiger partial charge in [-0.05, 0) is 35.5 Å². The minimum absolute atomic E-state index is 0.586. The van der Waals surface area contributed by atoms with Gasteiger partial charge >= 0.3 is 0 Å². The molecule has 1 N–H and O–H groups in total. The van der Waals surface area contributed by atoms with E-state index in [2.05, 4.69) is 29.2 Å². The van der Waals surface area contributed by atoms with Gasteiger partial charge in [-0.1, -0.05) is 42.5 Å². The Kier molecular flexibility index (Phi) is 4.17. The maximum absolute atomic E-state index is 5.77. The topological polar surface area (TPSA) is 29.9 Å². The number of ether oxygens (including phenoxy) is 1. The summed E-state index contributed by atoms with van der Waals surface area (Å²) in [5, 5.41) is 0. The first kappa shape index (κ1) is 13.6. The summed E-state index contributed by atoms with van der Waals surface area (Å²) in [4.78, 5) is 2.99. The van der Waals surface area contributed by atoms with Crippen molar-refractivity contribution < 1.29 is 4.74 Å². The third-order valence-electron chi connectivity index (χ3n) is 3.25. The molecule has 0 unspecified atom stereocenters. The number of H-pyrrole nitrogens is 1. The van der Waals surface area contributed by atoms with Gasteiger partial charge in [0.25, 0.3) is 0 Å². The number of imidazole rings is 1. The first-order chi connectivity index (χ1) is 10.3. The second-order valence-corrected chi connectivity index (χ2v) is 5.20. The summed E-state index contributed by atoms with van der Waals surface area (Å²) in [6.07, 6.45) is 3.79. The Balaban J connectivity index is 1.62. The molecule has 0 radical (unpaired) electrons. The number of benzene rings is 2. The number of nitrogens with zero attached hydrogens (tertiary/aromatic N) is 1. The van der Waals surface area contributed by atoms with Crippen LogP contribution in [0.1, 0.15) is 11.1 Å². The SMILES string of the molecule is S=c1[nH]ccn1Cc1ccc(OCc2ccccc2)cc1. The molecule has 0 saturated carbocycles. The first-order valence-electron chi connectivity index (χ1n) is 6.81. The molecular formula is C17H16N2OS. The molecule has 0 atom stereocenters. The lowest BCUT2D eigenvalue weighted by Gasteiger charge is -2.08. The van der Waals surface area contributed by atoms with Crippen molar-refractivity contribution >= 4 is 12.2 Å². The van der Waals surface area contributed by atoms with E-state index in [4.69, 9.17) is 17.0 Å². The molecule has 0 fully saturated rings. The van der Waals surface area contributed by atoms with Crippen molar-refractivity contribution in [1.82, 2.24) is 9.55 Å². The summed E-state index contributed by atoms with van der Waals surface area (Å²) in [7, 11) is 0. The molecule has 21 heavy (non-hydrogen) atoms. The number of aromatic nitrogens is 2. The zero-order valence-corrected chi connectivity index (χ0v) is 12.3. The van der Waals surface area contributed by atoms with E-state index in [1.807, 2.05) is 47.3 Å². The van der Waals surface area contributed by atoms with Crippen LogP contribution in [0, 0.1) is 4.77 Å². The highest BCUT2D eigenvalue weighted by Gasteiger charge is 1.99. The van der Waals surface area contributed by atoms with Crippen LogP contribution in [0.5, 0.6) is 5.75 Å². The van der Waals surface area contributed by atoms with Gasteiger partial charge in [0.05, 0.1) is 0 Å². The molecule has 0 amide bonds. The number of aromatic amines is 1. The summed E-state index contributed by atoms with van der Waals surface area (Å²) in [5.74, 6) is 0.875. The van der Waals surface area contributed by atoms with E-state index in [1.165, 1.54) is 11.1 Å². The molecule has 3 aromatic rings. The molecule has 0 aliphatic heterocycles. The highest BCUT2D eigenvalue weighted by Crippen LogP contribution is 2.15. The molecule has 2 aromatic carbocycles. The number of hydrogen-bond acceptors (Lipinski definition) is 2. The third kappa shape index (κ3) is 3.61. The molecule has 4 heteroatoms. The van der Waals surface area contributed by atoms with Crippen molar-refractivity contribution in [2.75, 3.05) is 0 Å². The number of rotatable bonds is 5. The van der Waals surface area contributed by atoms with Crippen LogP contribution < -0.4 is 4.74 Å². The van der Waals surface area contributed by atoms with E-state index >= 15 is 0 Å². The summed E-state index contributed by atoms with van der Waals surface area (Å²) in [6, 6.07) is 18.3. The normalized spacial score (nSPS) is 10.5. The lowest BCUT2D eigenvalue weighted by molar-refractivity contribution is 0.306. The average molecular weight is 296 g/mol. The zero-order chi connectivity index (χ0) is 14.5. The van der Waals surface area contributed by atoms with E-state index in [0.29, 0.717) is 6.61 Å². The summed E-state index contributed by atoms with van der Waals surface area (Å²) in [6.45, 7) is 1.35. The van der Waals surface area contributed by atoms with Crippen molar-refractivity contribution in [3.63, 3.8) is 0 Å². The van der Waals surface area contributed by atoms with E-state index < -0.39 is 0 Å². The molecule has 0 saturated heterocycles. The number of hydrogen-bond donors (Lipinski definition) is 1. The van der Waals surface area contributed by atoms with Gasteiger partial charge in [0, 0.05) is 18.9 Å². The standard InChI is InChI=1S/C17H16N2OS/c21-17-18-10-11-19(17)12-14-6-8-16(9-7-14)20-13-15-4-2-1-3-5-15/h1-11H,12-13H2,(H,18,21).